The summed E-state index contributed by atoms with van der Waals surface area (Å²) in [4.78, 5) is 13.9. The number of amides is 1. The van der Waals surface area contributed by atoms with Gasteiger partial charge in [-0.25, -0.2) is 4.79 Å². The van der Waals surface area contributed by atoms with E-state index in [0.717, 1.165) is 19.5 Å². The van der Waals surface area contributed by atoms with Crippen molar-refractivity contribution in [3.63, 3.8) is 0 Å². The molecule has 1 amide bonds. The van der Waals surface area contributed by atoms with Gasteiger partial charge < -0.3 is 19.7 Å². The molecule has 0 saturated carbocycles. The first-order chi connectivity index (χ1) is 7.81. The van der Waals surface area contributed by atoms with Gasteiger partial charge in [0.15, 0.2) is 0 Å². The fourth-order valence-corrected chi connectivity index (χ4v) is 1.93. The van der Waals surface area contributed by atoms with Crippen LogP contribution in [-0.4, -0.2) is 56.0 Å². The number of hydrogen-bond acceptors (Lipinski definition) is 4. The first-order valence-corrected chi connectivity index (χ1v) is 6.02. The lowest BCUT2D eigenvalue weighted by Gasteiger charge is -2.36. The Bertz CT molecular complexity index is 263. The van der Waals surface area contributed by atoms with Gasteiger partial charge in [0.2, 0.25) is 0 Å². The molecule has 5 nitrogen and oxygen atoms in total. The van der Waals surface area contributed by atoms with Crippen molar-refractivity contribution in [3.05, 3.63) is 0 Å². The fourth-order valence-electron chi connectivity index (χ4n) is 1.93. The Morgan fingerprint density at radius 1 is 1.41 bits per heavy atom. The summed E-state index contributed by atoms with van der Waals surface area (Å²) >= 11 is 0. The van der Waals surface area contributed by atoms with Gasteiger partial charge in [0.25, 0.3) is 0 Å². The Morgan fingerprint density at radius 3 is 2.59 bits per heavy atom. The lowest BCUT2D eigenvalue weighted by atomic mass is 10.0. The number of methoxy groups -OCH3 is 1. The average molecular weight is 244 g/mol. The van der Waals surface area contributed by atoms with Crippen molar-refractivity contribution in [2.75, 3.05) is 27.2 Å². The molecule has 0 aromatic rings. The standard InChI is InChI=1S/C12H24N2O3/c1-12(2,3)17-11(15)13-9-6-7-14(4)8-10(9)16-5/h9-10H,6-8H2,1-5H3,(H,13,15). The van der Waals surface area contributed by atoms with Gasteiger partial charge in [0.05, 0.1) is 12.1 Å². The molecular formula is C12H24N2O3. The number of hydrogen-bond donors (Lipinski definition) is 1. The molecule has 0 aromatic carbocycles. The van der Waals surface area contributed by atoms with Gasteiger partial charge in [0.1, 0.15) is 5.60 Å². The molecule has 1 heterocycles. The summed E-state index contributed by atoms with van der Waals surface area (Å²) in [5.41, 5.74) is -0.460. The normalized spacial score (nSPS) is 26.6. The summed E-state index contributed by atoms with van der Waals surface area (Å²) < 4.78 is 10.6. The van der Waals surface area contributed by atoms with Crippen molar-refractivity contribution in [2.45, 2.75) is 44.9 Å². The van der Waals surface area contributed by atoms with Crippen LogP contribution >= 0.6 is 0 Å². The third kappa shape index (κ3) is 4.91. The molecule has 1 fully saturated rings. The third-order valence-electron chi connectivity index (χ3n) is 2.77. The molecule has 1 N–H and O–H groups in total. The van der Waals surface area contributed by atoms with E-state index in [9.17, 15) is 4.79 Å². The number of carbonyl (C=O) groups is 1. The van der Waals surface area contributed by atoms with Gasteiger partial charge in [-0.3, -0.25) is 0 Å². The maximum atomic E-state index is 11.7. The number of carbonyl (C=O) groups excluding carboxylic acids is 1. The number of likely N-dealkylation sites (N-methyl/N-ethyl adjacent to an activating group) is 1. The highest BCUT2D eigenvalue weighted by atomic mass is 16.6. The molecule has 100 valence electrons. The van der Waals surface area contributed by atoms with Crippen LogP contribution in [0.25, 0.3) is 0 Å². The molecular weight excluding hydrogens is 220 g/mol. The summed E-state index contributed by atoms with van der Waals surface area (Å²) in [5, 5.41) is 2.88. The highest BCUT2D eigenvalue weighted by Crippen LogP contribution is 2.13. The molecule has 0 aliphatic carbocycles. The van der Waals surface area contributed by atoms with Crippen molar-refractivity contribution in [3.8, 4) is 0 Å². The van der Waals surface area contributed by atoms with Gasteiger partial charge in [-0.15, -0.1) is 0 Å². The second kappa shape index (κ2) is 5.69. The van der Waals surface area contributed by atoms with E-state index in [1.54, 1.807) is 7.11 Å². The second-order valence-electron chi connectivity index (χ2n) is 5.58. The number of alkyl carbamates (subject to hydrolysis) is 1. The van der Waals surface area contributed by atoms with Crippen LogP contribution in [0.3, 0.4) is 0 Å². The number of nitrogens with one attached hydrogen (secondary N) is 1. The van der Waals surface area contributed by atoms with Crippen molar-refractivity contribution >= 4 is 6.09 Å². The number of likely N-dealkylation sites (tertiary alicyclic amines) is 1. The van der Waals surface area contributed by atoms with Gasteiger partial charge >= 0.3 is 6.09 Å². The zero-order valence-corrected chi connectivity index (χ0v) is 11.4. The van der Waals surface area contributed by atoms with Crippen LogP contribution < -0.4 is 5.32 Å². The molecule has 1 aliphatic heterocycles. The first-order valence-electron chi connectivity index (χ1n) is 6.02. The largest absolute Gasteiger partial charge is 0.444 e. The molecule has 1 saturated heterocycles. The van der Waals surface area contributed by atoms with Gasteiger partial charge in [-0.1, -0.05) is 0 Å². The van der Waals surface area contributed by atoms with Crippen molar-refractivity contribution < 1.29 is 14.3 Å². The summed E-state index contributed by atoms with van der Waals surface area (Å²) in [6, 6.07) is 0.0334. The number of piperidine rings is 1. The third-order valence-corrected chi connectivity index (χ3v) is 2.77. The van der Waals surface area contributed by atoms with E-state index < -0.39 is 5.60 Å². The maximum absolute atomic E-state index is 11.7. The summed E-state index contributed by atoms with van der Waals surface area (Å²) in [6.45, 7) is 7.36. The zero-order chi connectivity index (χ0) is 13.1. The lowest BCUT2D eigenvalue weighted by Crippen LogP contribution is -2.54. The van der Waals surface area contributed by atoms with Crippen LogP contribution in [0, 0.1) is 0 Å². The second-order valence-corrected chi connectivity index (χ2v) is 5.58. The minimum Gasteiger partial charge on any atom is -0.444 e. The van der Waals surface area contributed by atoms with Crippen LogP contribution in [0.5, 0.6) is 0 Å². The van der Waals surface area contributed by atoms with E-state index >= 15 is 0 Å². The minimum atomic E-state index is -0.460. The van der Waals surface area contributed by atoms with Crippen molar-refractivity contribution in [1.29, 1.82) is 0 Å². The Morgan fingerprint density at radius 2 is 2.06 bits per heavy atom. The Hall–Kier alpha value is -0.810. The Balaban J connectivity index is 2.47. The van der Waals surface area contributed by atoms with E-state index in [4.69, 9.17) is 9.47 Å². The highest BCUT2D eigenvalue weighted by molar-refractivity contribution is 5.68. The van der Waals surface area contributed by atoms with Crippen LogP contribution in [0.2, 0.25) is 0 Å². The average Bonchev–Trinajstić information content (AvgIpc) is 2.17. The van der Waals surface area contributed by atoms with Gasteiger partial charge in [-0.2, -0.15) is 0 Å². The van der Waals surface area contributed by atoms with Crippen LogP contribution in [0.1, 0.15) is 27.2 Å². The molecule has 2 atom stereocenters. The summed E-state index contributed by atoms with van der Waals surface area (Å²) in [6.07, 6.45) is 0.546. The first kappa shape index (κ1) is 14.3. The smallest absolute Gasteiger partial charge is 0.407 e. The quantitative estimate of drug-likeness (QED) is 0.794. The molecule has 5 heteroatoms. The van der Waals surface area contributed by atoms with Crippen molar-refractivity contribution in [2.24, 2.45) is 0 Å². The molecule has 0 spiro atoms. The number of ether oxygens (including phenoxy) is 2. The SMILES string of the molecule is COC1CN(C)CCC1NC(=O)OC(C)(C)C. The van der Waals surface area contributed by atoms with Crippen molar-refractivity contribution in [1.82, 2.24) is 10.2 Å². The van der Waals surface area contributed by atoms with Gasteiger partial charge in [0, 0.05) is 13.7 Å². The summed E-state index contributed by atoms with van der Waals surface area (Å²) in [5.74, 6) is 0. The maximum Gasteiger partial charge on any atom is 0.407 e. The molecule has 17 heavy (non-hydrogen) atoms. The van der Waals surface area contributed by atoms with Crippen LogP contribution in [0.15, 0.2) is 0 Å². The van der Waals surface area contributed by atoms with E-state index in [0.29, 0.717) is 0 Å². The molecule has 1 aliphatic rings. The molecule has 0 radical (unpaired) electrons. The van der Waals surface area contributed by atoms with E-state index in [1.807, 2.05) is 20.8 Å². The molecule has 2 unspecified atom stereocenters. The Labute approximate surface area is 103 Å². The number of nitrogens with zero attached hydrogens (tertiary/aromatic N) is 1. The number of rotatable bonds is 2. The van der Waals surface area contributed by atoms with Crippen LogP contribution in [-0.2, 0) is 9.47 Å². The molecule has 1 rings (SSSR count). The molecule has 0 bridgehead atoms. The van der Waals surface area contributed by atoms with E-state index in [-0.39, 0.29) is 18.2 Å². The van der Waals surface area contributed by atoms with Crippen LogP contribution in [0.4, 0.5) is 4.79 Å². The van der Waals surface area contributed by atoms with E-state index in [2.05, 4.69) is 17.3 Å². The Kier molecular flexibility index (Phi) is 4.77. The predicted octanol–water partition coefficient (Wildman–Crippen LogP) is 1.23. The summed E-state index contributed by atoms with van der Waals surface area (Å²) in [7, 11) is 3.73. The van der Waals surface area contributed by atoms with Gasteiger partial charge in [-0.05, 0) is 40.8 Å². The fraction of sp³-hybridized carbons (Fsp3) is 0.917. The molecule has 0 aromatic heterocycles. The minimum absolute atomic E-state index is 0.0290. The monoisotopic (exact) mass is 244 g/mol. The van der Waals surface area contributed by atoms with E-state index in [1.165, 1.54) is 0 Å². The highest BCUT2D eigenvalue weighted by Gasteiger charge is 2.30. The predicted molar refractivity (Wildman–Crippen MR) is 66.1 cm³/mol. The topological polar surface area (TPSA) is 50.8 Å². The lowest BCUT2D eigenvalue weighted by molar-refractivity contribution is 0.00377. The zero-order valence-electron chi connectivity index (χ0n) is 11.4.